The van der Waals surface area contributed by atoms with Gasteiger partial charge in [-0.25, -0.2) is 4.79 Å². The second-order valence-corrected chi connectivity index (χ2v) is 9.95. The van der Waals surface area contributed by atoms with Crippen LogP contribution in [0, 0.1) is 0 Å². The maximum Gasteiger partial charge on any atom is 0.408 e. The monoisotopic (exact) mass is 467 g/mol. The molecule has 1 aromatic rings. The highest BCUT2D eigenvalue weighted by Crippen LogP contribution is 2.25. The molecule has 32 heavy (non-hydrogen) atoms. The van der Waals surface area contributed by atoms with Gasteiger partial charge in [0.1, 0.15) is 17.6 Å². The number of hydrogen-bond acceptors (Lipinski definition) is 8. The number of rotatable bonds is 9. The fourth-order valence-corrected chi connectivity index (χ4v) is 5.03. The first-order valence-corrected chi connectivity index (χ1v) is 12.8. The predicted octanol–water partition coefficient (Wildman–Crippen LogP) is 2.56. The summed E-state index contributed by atoms with van der Waals surface area (Å²) in [6, 6.07) is 6.80. The van der Waals surface area contributed by atoms with Gasteiger partial charge in [-0.3, -0.25) is 4.79 Å². The van der Waals surface area contributed by atoms with E-state index in [4.69, 9.17) is 8.92 Å². The van der Waals surface area contributed by atoms with Crippen LogP contribution in [-0.4, -0.2) is 58.0 Å². The minimum absolute atomic E-state index is 0.175. The van der Waals surface area contributed by atoms with Crippen molar-refractivity contribution in [1.29, 1.82) is 0 Å². The molecule has 0 saturated carbocycles. The van der Waals surface area contributed by atoms with Crippen LogP contribution in [0.1, 0.15) is 51.9 Å². The molecule has 2 N–H and O–H groups in total. The lowest BCUT2D eigenvalue weighted by Crippen LogP contribution is -2.45. The minimum atomic E-state index is -4.14. The molecule has 1 aromatic carbocycles. The molecule has 1 atom stereocenters. The maximum atomic E-state index is 13.0. The number of amides is 1. The van der Waals surface area contributed by atoms with Gasteiger partial charge >= 0.3 is 16.2 Å². The number of Topliss-reactive ketones (excluding diaryl/α,β-unsaturated/α-hetero) is 1. The van der Waals surface area contributed by atoms with Gasteiger partial charge in [0.2, 0.25) is 0 Å². The van der Waals surface area contributed by atoms with Gasteiger partial charge in [-0.15, -0.1) is 0 Å². The quantitative estimate of drug-likeness (QED) is 0.533. The molecule has 1 amide bonds. The van der Waals surface area contributed by atoms with Crippen molar-refractivity contribution >= 4 is 27.7 Å². The van der Waals surface area contributed by atoms with Crippen LogP contribution in [0.25, 0.3) is 0 Å². The average molecular weight is 468 g/mol. The van der Waals surface area contributed by atoms with E-state index in [-0.39, 0.29) is 24.1 Å². The Hall–Kier alpha value is -2.33. The number of anilines is 1. The fraction of sp³-hybridized carbons (Fsp3) is 0.636. The van der Waals surface area contributed by atoms with Crippen molar-refractivity contribution < 1.29 is 26.9 Å². The Bertz CT molecular complexity index is 875. The molecule has 0 aliphatic carbocycles. The van der Waals surface area contributed by atoms with Crippen molar-refractivity contribution in [2.24, 2.45) is 0 Å². The SMILES string of the molecule is CCCCC(NC(=O)OC1CCNCC1)S(=O)(=O)Oc1cccc(N2CCC(=O)CC2)c1. The lowest BCUT2D eigenvalue weighted by atomic mass is 10.1. The number of nitrogens with zero attached hydrogens (tertiary/aromatic N) is 1. The lowest BCUT2D eigenvalue weighted by Gasteiger charge is -2.28. The van der Waals surface area contributed by atoms with E-state index >= 15 is 0 Å². The Morgan fingerprint density at radius 3 is 2.66 bits per heavy atom. The van der Waals surface area contributed by atoms with E-state index in [1.807, 2.05) is 17.9 Å². The van der Waals surface area contributed by atoms with Crippen LogP contribution in [0.4, 0.5) is 10.5 Å². The number of ketones is 1. The van der Waals surface area contributed by atoms with E-state index in [2.05, 4.69) is 10.6 Å². The van der Waals surface area contributed by atoms with Crippen molar-refractivity contribution in [3.8, 4) is 5.75 Å². The van der Waals surface area contributed by atoms with E-state index in [9.17, 15) is 18.0 Å². The molecule has 2 saturated heterocycles. The van der Waals surface area contributed by atoms with Gasteiger partial charge in [0, 0.05) is 37.7 Å². The number of piperidine rings is 2. The molecule has 0 radical (unpaired) electrons. The zero-order chi connectivity index (χ0) is 23.0. The number of carbonyl (C=O) groups is 2. The number of nitrogens with one attached hydrogen (secondary N) is 2. The summed E-state index contributed by atoms with van der Waals surface area (Å²) in [5, 5.41) is 4.49. The first kappa shape index (κ1) is 24.3. The number of hydrogen-bond donors (Lipinski definition) is 2. The van der Waals surface area contributed by atoms with Crippen molar-refractivity contribution in [2.45, 2.75) is 63.3 Å². The largest absolute Gasteiger partial charge is 0.446 e. The first-order chi connectivity index (χ1) is 15.4. The molecule has 1 unspecified atom stereocenters. The Morgan fingerprint density at radius 2 is 1.97 bits per heavy atom. The Kier molecular flexibility index (Phi) is 8.75. The lowest BCUT2D eigenvalue weighted by molar-refractivity contribution is -0.119. The van der Waals surface area contributed by atoms with Gasteiger partial charge < -0.3 is 24.5 Å². The van der Waals surface area contributed by atoms with Gasteiger partial charge in [0.05, 0.1) is 0 Å². The highest BCUT2D eigenvalue weighted by atomic mass is 32.2. The topological polar surface area (TPSA) is 114 Å². The third kappa shape index (κ3) is 7.09. The number of carbonyl (C=O) groups excluding carboxylic acids is 2. The molecule has 2 aliphatic rings. The molecular weight excluding hydrogens is 434 g/mol. The van der Waals surface area contributed by atoms with Gasteiger partial charge in [-0.2, -0.15) is 8.42 Å². The summed E-state index contributed by atoms with van der Waals surface area (Å²) in [4.78, 5) is 25.9. The molecule has 3 rings (SSSR count). The molecular formula is C22H33N3O6S. The number of alkyl carbamates (subject to hydrolysis) is 1. The molecule has 2 aliphatic heterocycles. The summed E-state index contributed by atoms with van der Waals surface area (Å²) in [6.07, 6.45) is 3.02. The highest BCUT2D eigenvalue weighted by molar-refractivity contribution is 7.87. The van der Waals surface area contributed by atoms with E-state index in [0.29, 0.717) is 45.2 Å². The second-order valence-electron chi connectivity index (χ2n) is 8.23. The van der Waals surface area contributed by atoms with Crippen LogP contribution in [0.2, 0.25) is 0 Å². The molecule has 2 fully saturated rings. The van der Waals surface area contributed by atoms with E-state index in [1.165, 1.54) is 0 Å². The zero-order valence-corrected chi connectivity index (χ0v) is 19.4. The Morgan fingerprint density at radius 1 is 1.25 bits per heavy atom. The van der Waals surface area contributed by atoms with Crippen molar-refractivity contribution in [2.75, 3.05) is 31.1 Å². The summed E-state index contributed by atoms with van der Waals surface area (Å²) >= 11 is 0. The smallest absolute Gasteiger partial charge is 0.408 e. The van der Waals surface area contributed by atoms with E-state index in [1.54, 1.807) is 18.2 Å². The first-order valence-electron chi connectivity index (χ1n) is 11.4. The molecule has 0 spiro atoms. The number of benzene rings is 1. The molecule has 178 valence electrons. The minimum Gasteiger partial charge on any atom is -0.446 e. The number of unbranched alkanes of at least 4 members (excludes halogenated alkanes) is 1. The van der Waals surface area contributed by atoms with Crippen LogP contribution < -0.4 is 19.7 Å². The second kappa shape index (κ2) is 11.5. The third-order valence-corrected chi connectivity index (χ3v) is 7.20. The summed E-state index contributed by atoms with van der Waals surface area (Å²) in [5.74, 6) is 0.409. The highest BCUT2D eigenvalue weighted by Gasteiger charge is 2.31. The fourth-order valence-electron chi connectivity index (χ4n) is 3.85. The zero-order valence-electron chi connectivity index (χ0n) is 18.5. The van der Waals surface area contributed by atoms with Crippen LogP contribution in [0.15, 0.2) is 24.3 Å². The van der Waals surface area contributed by atoms with E-state index < -0.39 is 21.6 Å². The molecule has 9 nitrogen and oxygen atoms in total. The number of ether oxygens (including phenoxy) is 1. The van der Waals surface area contributed by atoms with Crippen LogP contribution in [0.3, 0.4) is 0 Å². The van der Waals surface area contributed by atoms with Crippen LogP contribution in [-0.2, 0) is 19.6 Å². The van der Waals surface area contributed by atoms with Gasteiger partial charge in [0.15, 0.2) is 5.37 Å². The van der Waals surface area contributed by atoms with Crippen LogP contribution in [0.5, 0.6) is 5.75 Å². The summed E-state index contributed by atoms with van der Waals surface area (Å²) < 4.78 is 36.8. The van der Waals surface area contributed by atoms with Gasteiger partial charge in [-0.1, -0.05) is 25.8 Å². The third-order valence-electron chi connectivity index (χ3n) is 5.72. The average Bonchev–Trinajstić information content (AvgIpc) is 2.77. The van der Waals surface area contributed by atoms with E-state index in [0.717, 1.165) is 25.2 Å². The molecule has 10 heteroatoms. The predicted molar refractivity (Wildman–Crippen MR) is 121 cm³/mol. The summed E-state index contributed by atoms with van der Waals surface area (Å²) in [6.45, 7) is 4.67. The van der Waals surface area contributed by atoms with Gasteiger partial charge in [-0.05, 0) is 44.5 Å². The normalized spacial score (nSPS) is 18.8. The van der Waals surface area contributed by atoms with Crippen molar-refractivity contribution in [3.05, 3.63) is 24.3 Å². The molecule has 2 heterocycles. The standard InChI is InChI=1S/C22H33N3O6S/c1-2-3-7-21(24-22(27)30-19-8-12-23-13-9-19)32(28,29)31-20-6-4-5-17(16-20)25-14-10-18(26)11-15-25/h4-6,16,19,21,23H,2-3,7-15H2,1H3,(H,24,27). The maximum absolute atomic E-state index is 13.0. The summed E-state index contributed by atoms with van der Waals surface area (Å²) in [7, 11) is -4.14. The molecule has 0 bridgehead atoms. The molecule has 0 aromatic heterocycles. The van der Waals surface area contributed by atoms with Crippen molar-refractivity contribution in [1.82, 2.24) is 10.6 Å². The van der Waals surface area contributed by atoms with Crippen molar-refractivity contribution in [3.63, 3.8) is 0 Å². The van der Waals surface area contributed by atoms with Gasteiger partial charge in [0.25, 0.3) is 0 Å². The summed E-state index contributed by atoms with van der Waals surface area (Å²) in [5.41, 5.74) is 0.800. The Balaban J connectivity index is 1.66. The Labute approximate surface area is 190 Å². The van der Waals surface area contributed by atoms with Crippen LogP contribution >= 0.6 is 0 Å².